The van der Waals surface area contributed by atoms with Gasteiger partial charge in [0.1, 0.15) is 0 Å². The van der Waals surface area contributed by atoms with Crippen LogP contribution in [0.2, 0.25) is 0 Å². The zero-order valence-corrected chi connectivity index (χ0v) is 10.5. The third-order valence-corrected chi connectivity index (χ3v) is 2.99. The summed E-state index contributed by atoms with van der Waals surface area (Å²) in [5.41, 5.74) is 9.79. The summed E-state index contributed by atoms with van der Waals surface area (Å²) in [4.78, 5) is 0. The number of aromatic nitrogens is 3. The molecule has 0 saturated heterocycles. The van der Waals surface area contributed by atoms with Crippen molar-refractivity contribution in [1.82, 2.24) is 15.0 Å². The fraction of sp³-hybridized carbons (Fsp3) is 0.385. The van der Waals surface area contributed by atoms with E-state index in [0.29, 0.717) is 12.5 Å². The molecule has 0 fully saturated rings. The highest BCUT2D eigenvalue weighted by Crippen LogP contribution is 2.17. The van der Waals surface area contributed by atoms with E-state index in [4.69, 9.17) is 5.73 Å². The lowest BCUT2D eigenvalue weighted by Gasteiger charge is -2.07. The van der Waals surface area contributed by atoms with Gasteiger partial charge in [-0.1, -0.05) is 31.2 Å². The number of rotatable bonds is 3. The predicted molar refractivity (Wildman–Crippen MR) is 68.1 cm³/mol. The SMILES string of the molecule is Cc1c(CN)nnn1-c1ccc(C(C)C)cc1. The van der Waals surface area contributed by atoms with Gasteiger partial charge in [0, 0.05) is 6.54 Å². The molecule has 0 amide bonds. The Bertz CT molecular complexity index is 497. The van der Waals surface area contributed by atoms with Crippen LogP contribution < -0.4 is 5.73 Å². The van der Waals surface area contributed by atoms with Gasteiger partial charge in [-0.05, 0) is 30.5 Å². The van der Waals surface area contributed by atoms with E-state index in [0.717, 1.165) is 17.1 Å². The van der Waals surface area contributed by atoms with Crippen molar-refractivity contribution < 1.29 is 0 Å². The van der Waals surface area contributed by atoms with E-state index in [9.17, 15) is 0 Å². The average molecular weight is 230 g/mol. The van der Waals surface area contributed by atoms with Gasteiger partial charge < -0.3 is 5.73 Å². The maximum absolute atomic E-state index is 5.59. The van der Waals surface area contributed by atoms with Crippen molar-refractivity contribution >= 4 is 0 Å². The third kappa shape index (κ3) is 2.22. The summed E-state index contributed by atoms with van der Waals surface area (Å²) in [5.74, 6) is 0.542. The van der Waals surface area contributed by atoms with Gasteiger partial charge in [0.2, 0.25) is 0 Å². The van der Waals surface area contributed by atoms with Crippen LogP contribution in [0.5, 0.6) is 0 Å². The van der Waals surface area contributed by atoms with Crippen LogP contribution in [-0.4, -0.2) is 15.0 Å². The van der Waals surface area contributed by atoms with Crippen molar-refractivity contribution in [2.45, 2.75) is 33.2 Å². The van der Waals surface area contributed by atoms with Crippen LogP contribution in [0.4, 0.5) is 0 Å². The van der Waals surface area contributed by atoms with Gasteiger partial charge in [-0.25, -0.2) is 4.68 Å². The molecule has 0 unspecified atom stereocenters. The second kappa shape index (κ2) is 4.67. The maximum atomic E-state index is 5.59. The first kappa shape index (κ1) is 11.8. The fourth-order valence-corrected chi connectivity index (χ4v) is 1.79. The minimum absolute atomic E-state index is 0.426. The molecule has 4 nitrogen and oxygen atoms in total. The van der Waals surface area contributed by atoms with Crippen molar-refractivity contribution in [2.75, 3.05) is 0 Å². The van der Waals surface area contributed by atoms with Crippen molar-refractivity contribution in [3.63, 3.8) is 0 Å². The molecule has 2 aromatic rings. The molecule has 90 valence electrons. The number of nitrogens with two attached hydrogens (primary N) is 1. The minimum Gasteiger partial charge on any atom is -0.325 e. The van der Waals surface area contributed by atoms with Gasteiger partial charge in [0.15, 0.2) is 0 Å². The number of benzene rings is 1. The smallest absolute Gasteiger partial charge is 0.0996 e. The molecule has 2 N–H and O–H groups in total. The molecule has 1 aromatic carbocycles. The first-order valence-corrected chi connectivity index (χ1v) is 5.85. The van der Waals surface area contributed by atoms with E-state index in [2.05, 4.69) is 48.4 Å². The Morgan fingerprint density at radius 1 is 1.24 bits per heavy atom. The lowest BCUT2D eigenvalue weighted by molar-refractivity contribution is 0.780. The first-order valence-electron chi connectivity index (χ1n) is 5.85. The van der Waals surface area contributed by atoms with Crippen molar-refractivity contribution in [3.8, 4) is 5.69 Å². The van der Waals surface area contributed by atoms with Gasteiger partial charge in [-0.3, -0.25) is 0 Å². The Labute approximate surface area is 101 Å². The van der Waals surface area contributed by atoms with E-state index < -0.39 is 0 Å². The van der Waals surface area contributed by atoms with Gasteiger partial charge in [-0.15, -0.1) is 5.10 Å². The van der Waals surface area contributed by atoms with E-state index >= 15 is 0 Å². The molecule has 2 rings (SSSR count). The summed E-state index contributed by atoms with van der Waals surface area (Å²) in [6, 6.07) is 8.39. The van der Waals surface area contributed by atoms with Gasteiger partial charge in [0.25, 0.3) is 0 Å². The topological polar surface area (TPSA) is 56.7 Å². The number of hydrogen-bond acceptors (Lipinski definition) is 3. The second-order valence-corrected chi connectivity index (χ2v) is 4.48. The highest BCUT2D eigenvalue weighted by Gasteiger charge is 2.08. The number of hydrogen-bond donors (Lipinski definition) is 1. The summed E-state index contributed by atoms with van der Waals surface area (Å²) in [5, 5.41) is 8.17. The Balaban J connectivity index is 2.36. The monoisotopic (exact) mass is 230 g/mol. The van der Waals surface area contributed by atoms with E-state index in [1.54, 1.807) is 0 Å². The van der Waals surface area contributed by atoms with E-state index in [1.165, 1.54) is 5.56 Å². The quantitative estimate of drug-likeness (QED) is 0.879. The molecule has 1 aromatic heterocycles. The third-order valence-electron chi connectivity index (χ3n) is 2.99. The molecule has 0 bridgehead atoms. The van der Waals surface area contributed by atoms with Gasteiger partial charge in [0.05, 0.1) is 17.1 Å². The van der Waals surface area contributed by atoms with Gasteiger partial charge >= 0.3 is 0 Å². The standard InChI is InChI=1S/C13H18N4/c1-9(2)11-4-6-12(7-5-11)17-10(3)13(8-14)15-16-17/h4-7,9H,8,14H2,1-3H3. The van der Waals surface area contributed by atoms with Crippen molar-refractivity contribution in [2.24, 2.45) is 5.73 Å². The first-order chi connectivity index (χ1) is 8.13. The molecule has 0 aliphatic rings. The maximum Gasteiger partial charge on any atom is 0.0996 e. The molecule has 0 spiro atoms. The van der Waals surface area contributed by atoms with Crippen LogP contribution in [-0.2, 0) is 6.54 Å². The molecule has 0 radical (unpaired) electrons. The highest BCUT2D eigenvalue weighted by atomic mass is 15.4. The molecule has 0 aliphatic carbocycles. The Morgan fingerprint density at radius 2 is 1.88 bits per heavy atom. The second-order valence-electron chi connectivity index (χ2n) is 4.48. The number of nitrogens with zero attached hydrogens (tertiary/aromatic N) is 3. The van der Waals surface area contributed by atoms with E-state index in [-0.39, 0.29) is 0 Å². The molecule has 1 heterocycles. The minimum atomic E-state index is 0.426. The summed E-state index contributed by atoms with van der Waals surface area (Å²) >= 11 is 0. The summed E-state index contributed by atoms with van der Waals surface area (Å²) in [6.07, 6.45) is 0. The van der Waals surface area contributed by atoms with Crippen LogP contribution in [0, 0.1) is 6.92 Å². The average Bonchev–Trinajstić information content (AvgIpc) is 2.70. The molecule has 0 saturated carbocycles. The van der Waals surface area contributed by atoms with Crippen LogP contribution in [0.15, 0.2) is 24.3 Å². The molecule has 0 aliphatic heterocycles. The Morgan fingerprint density at radius 3 is 2.35 bits per heavy atom. The highest BCUT2D eigenvalue weighted by molar-refractivity contribution is 5.36. The van der Waals surface area contributed by atoms with Crippen LogP contribution >= 0.6 is 0 Å². The summed E-state index contributed by atoms with van der Waals surface area (Å²) in [6.45, 7) is 6.78. The molecule has 4 heteroatoms. The largest absolute Gasteiger partial charge is 0.325 e. The molecule has 17 heavy (non-hydrogen) atoms. The van der Waals surface area contributed by atoms with Crippen LogP contribution in [0.1, 0.15) is 36.7 Å². The lowest BCUT2D eigenvalue weighted by Crippen LogP contribution is -2.02. The zero-order chi connectivity index (χ0) is 12.4. The van der Waals surface area contributed by atoms with Crippen LogP contribution in [0.25, 0.3) is 5.69 Å². The van der Waals surface area contributed by atoms with E-state index in [1.807, 2.05) is 11.6 Å². The van der Waals surface area contributed by atoms with Crippen LogP contribution in [0.3, 0.4) is 0 Å². The summed E-state index contributed by atoms with van der Waals surface area (Å²) in [7, 11) is 0. The molecular formula is C13H18N4. The Hall–Kier alpha value is -1.68. The predicted octanol–water partition coefficient (Wildman–Crippen LogP) is 2.16. The van der Waals surface area contributed by atoms with Crippen molar-refractivity contribution in [3.05, 3.63) is 41.2 Å². The Kier molecular flexibility index (Phi) is 3.24. The fourth-order valence-electron chi connectivity index (χ4n) is 1.79. The summed E-state index contributed by atoms with van der Waals surface area (Å²) < 4.78 is 1.83. The normalized spacial score (nSPS) is 11.1. The molecule has 0 atom stereocenters. The zero-order valence-electron chi connectivity index (χ0n) is 10.5. The molecular weight excluding hydrogens is 212 g/mol. The lowest BCUT2D eigenvalue weighted by atomic mass is 10.0. The van der Waals surface area contributed by atoms with Crippen molar-refractivity contribution in [1.29, 1.82) is 0 Å². The van der Waals surface area contributed by atoms with Gasteiger partial charge in [-0.2, -0.15) is 0 Å².